The highest BCUT2D eigenvalue weighted by Crippen LogP contribution is 2.33. The van der Waals surface area contributed by atoms with Crippen molar-refractivity contribution in [2.24, 2.45) is 0 Å². The number of unbranched alkanes of at least 4 members (excludes halogenated alkanes) is 1. The van der Waals surface area contributed by atoms with Gasteiger partial charge in [-0.1, -0.05) is 12.1 Å². The molecule has 14 heteroatoms. The van der Waals surface area contributed by atoms with Crippen molar-refractivity contribution in [2.45, 2.75) is 75.4 Å². The molecule has 0 spiro atoms. The number of aromatic carboxylic acids is 1. The molecular formula is C24H34N2O12. The summed E-state index contributed by atoms with van der Waals surface area (Å²) >= 11 is 0. The molecule has 0 radical (unpaired) electrons. The highest BCUT2D eigenvalue weighted by molar-refractivity contribution is 5.87. The number of benzene rings is 1. The summed E-state index contributed by atoms with van der Waals surface area (Å²) in [5.74, 6) is -6.04. The largest absolute Gasteiger partial charge is 0.478 e. The first kappa shape index (κ1) is 31.1. The van der Waals surface area contributed by atoms with Crippen molar-refractivity contribution >= 4 is 23.8 Å². The maximum Gasteiger partial charge on any atom is 0.364 e. The molecule has 1 aromatic carbocycles. The van der Waals surface area contributed by atoms with Gasteiger partial charge in [-0.15, -0.1) is 0 Å². The van der Waals surface area contributed by atoms with Crippen molar-refractivity contribution in [3.05, 3.63) is 35.4 Å². The van der Waals surface area contributed by atoms with Crippen LogP contribution in [0.4, 0.5) is 0 Å². The maximum absolute atomic E-state index is 12.1. The molecule has 0 bridgehead atoms. The SMILES string of the molecule is CC(=O)NC1C(O)CC(OCCCCC(=O)NCc2cccc(C(=O)O)c2)(C(=O)O)OC1[C@H](O)[C@H](O)CO. The first-order valence-corrected chi connectivity index (χ1v) is 12.0. The number of hydrogen-bond acceptors (Lipinski definition) is 10. The predicted octanol–water partition coefficient (Wildman–Crippen LogP) is -1.66. The van der Waals surface area contributed by atoms with Crippen LogP contribution in [0.5, 0.6) is 0 Å². The first-order chi connectivity index (χ1) is 17.9. The van der Waals surface area contributed by atoms with Crippen molar-refractivity contribution in [3.8, 4) is 0 Å². The molecule has 8 N–H and O–H groups in total. The van der Waals surface area contributed by atoms with Crippen molar-refractivity contribution in [1.82, 2.24) is 10.6 Å². The summed E-state index contributed by atoms with van der Waals surface area (Å²) < 4.78 is 11.0. The highest BCUT2D eigenvalue weighted by atomic mass is 16.7. The number of aliphatic hydroxyl groups excluding tert-OH is 4. The lowest BCUT2D eigenvalue weighted by Gasteiger charge is -2.46. The Hall–Kier alpha value is -3.14. The Balaban J connectivity index is 1.92. The second kappa shape index (κ2) is 14.1. The van der Waals surface area contributed by atoms with E-state index in [9.17, 15) is 44.7 Å². The quantitative estimate of drug-likeness (QED) is 0.123. The number of carbonyl (C=O) groups is 4. The molecule has 1 fully saturated rings. The lowest BCUT2D eigenvalue weighted by atomic mass is 9.88. The lowest BCUT2D eigenvalue weighted by Crippen LogP contribution is -2.67. The van der Waals surface area contributed by atoms with Gasteiger partial charge in [-0.05, 0) is 30.5 Å². The molecule has 1 saturated heterocycles. The van der Waals surface area contributed by atoms with Crippen LogP contribution in [0.15, 0.2) is 24.3 Å². The average Bonchev–Trinajstić information content (AvgIpc) is 2.87. The third-order valence-electron chi connectivity index (χ3n) is 5.98. The molecule has 6 atom stereocenters. The van der Waals surface area contributed by atoms with Gasteiger partial charge in [-0.2, -0.15) is 0 Å². The minimum atomic E-state index is -2.42. The van der Waals surface area contributed by atoms with Crippen LogP contribution < -0.4 is 10.6 Å². The van der Waals surface area contributed by atoms with Crippen molar-refractivity contribution in [1.29, 1.82) is 0 Å². The van der Waals surface area contributed by atoms with E-state index in [4.69, 9.17) is 14.6 Å². The summed E-state index contributed by atoms with van der Waals surface area (Å²) in [4.78, 5) is 46.8. The maximum atomic E-state index is 12.1. The zero-order valence-electron chi connectivity index (χ0n) is 20.8. The van der Waals surface area contributed by atoms with E-state index in [1.807, 2.05) is 0 Å². The van der Waals surface area contributed by atoms with E-state index in [1.54, 1.807) is 12.1 Å². The summed E-state index contributed by atoms with van der Waals surface area (Å²) in [5, 5.41) is 63.8. The molecule has 2 amide bonds. The van der Waals surface area contributed by atoms with E-state index in [1.165, 1.54) is 12.1 Å². The van der Waals surface area contributed by atoms with E-state index in [0.717, 1.165) is 6.92 Å². The van der Waals surface area contributed by atoms with Crippen molar-refractivity contribution < 1.29 is 59.3 Å². The molecule has 1 aliphatic rings. The number of nitrogens with one attached hydrogen (secondary N) is 2. The smallest absolute Gasteiger partial charge is 0.364 e. The fourth-order valence-corrected chi connectivity index (χ4v) is 4.01. The minimum absolute atomic E-state index is 0.0696. The molecule has 4 unspecified atom stereocenters. The number of aliphatic carboxylic acids is 1. The Morgan fingerprint density at radius 1 is 1.18 bits per heavy atom. The van der Waals surface area contributed by atoms with Crippen LogP contribution in [0.3, 0.4) is 0 Å². The lowest BCUT2D eigenvalue weighted by molar-refractivity contribution is -0.311. The number of rotatable bonds is 14. The van der Waals surface area contributed by atoms with Crippen molar-refractivity contribution in [3.63, 3.8) is 0 Å². The van der Waals surface area contributed by atoms with Gasteiger partial charge < -0.3 is 50.7 Å². The number of hydrogen-bond donors (Lipinski definition) is 8. The van der Waals surface area contributed by atoms with Gasteiger partial charge in [0.15, 0.2) is 0 Å². The van der Waals surface area contributed by atoms with Gasteiger partial charge in [0, 0.05) is 26.3 Å². The fraction of sp³-hybridized carbons (Fsp3) is 0.583. The first-order valence-electron chi connectivity index (χ1n) is 12.0. The Labute approximate surface area is 218 Å². The zero-order valence-corrected chi connectivity index (χ0v) is 20.8. The molecule has 1 heterocycles. The zero-order chi connectivity index (χ0) is 28.5. The van der Waals surface area contributed by atoms with Crippen LogP contribution >= 0.6 is 0 Å². The number of ether oxygens (including phenoxy) is 2. The Kier molecular flexibility index (Phi) is 11.6. The molecule has 1 aliphatic heterocycles. The summed E-state index contributed by atoms with van der Waals surface area (Å²) in [6.45, 7) is 0.168. The van der Waals surface area contributed by atoms with Crippen LogP contribution in [-0.2, 0) is 30.4 Å². The molecule has 0 aromatic heterocycles. The van der Waals surface area contributed by atoms with Gasteiger partial charge in [-0.3, -0.25) is 9.59 Å². The fourth-order valence-electron chi connectivity index (χ4n) is 4.01. The number of amides is 2. The molecule has 1 aromatic rings. The second-order valence-corrected chi connectivity index (χ2v) is 8.97. The van der Waals surface area contributed by atoms with Crippen LogP contribution in [0.1, 0.15) is 48.5 Å². The van der Waals surface area contributed by atoms with Gasteiger partial charge in [0.05, 0.1) is 30.9 Å². The van der Waals surface area contributed by atoms with Crippen molar-refractivity contribution in [2.75, 3.05) is 13.2 Å². The van der Waals surface area contributed by atoms with Gasteiger partial charge in [0.25, 0.3) is 5.79 Å². The molecule has 14 nitrogen and oxygen atoms in total. The Bertz CT molecular complexity index is 989. The summed E-state index contributed by atoms with van der Waals surface area (Å²) in [7, 11) is 0. The van der Waals surface area contributed by atoms with E-state index < -0.39 is 67.1 Å². The van der Waals surface area contributed by atoms with Gasteiger partial charge in [0.2, 0.25) is 11.8 Å². The second-order valence-electron chi connectivity index (χ2n) is 8.97. The van der Waals surface area contributed by atoms with E-state index in [-0.39, 0.29) is 37.5 Å². The Morgan fingerprint density at radius 3 is 2.50 bits per heavy atom. The minimum Gasteiger partial charge on any atom is -0.478 e. The van der Waals surface area contributed by atoms with E-state index >= 15 is 0 Å². The summed E-state index contributed by atoms with van der Waals surface area (Å²) in [6.07, 6.45) is -6.82. The highest BCUT2D eigenvalue weighted by Gasteiger charge is 2.55. The van der Waals surface area contributed by atoms with Gasteiger partial charge in [0.1, 0.15) is 18.3 Å². The van der Waals surface area contributed by atoms with Crippen LogP contribution in [0.2, 0.25) is 0 Å². The molecule has 212 valence electrons. The molecular weight excluding hydrogens is 508 g/mol. The van der Waals surface area contributed by atoms with Crippen LogP contribution in [-0.4, -0.2) is 104 Å². The predicted molar refractivity (Wildman–Crippen MR) is 128 cm³/mol. The van der Waals surface area contributed by atoms with Gasteiger partial charge >= 0.3 is 11.9 Å². The average molecular weight is 543 g/mol. The van der Waals surface area contributed by atoms with E-state index in [0.29, 0.717) is 12.0 Å². The number of carboxylic acid groups (broad SMARTS) is 2. The third-order valence-corrected chi connectivity index (χ3v) is 5.98. The van der Waals surface area contributed by atoms with E-state index in [2.05, 4.69) is 10.6 Å². The normalized spacial score (nSPS) is 24.7. The molecule has 2 rings (SSSR count). The third kappa shape index (κ3) is 8.44. The number of aliphatic hydroxyl groups is 4. The summed E-state index contributed by atoms with van der Waals surface area (Å²) in [5.41, 5.74) is 0.707. The Morgan fingerprint density at radius 2 is 1.89 bits per heavy atom. The van der Waals surface area contributed by atoms with Crippen LogP contribution in [0.25, 0.3) is 0 Å². The van der Waals surface area contributed by atoms with Gasteiger partial charge in [-0.25, -0.2) is 9.59 Å². The molecule has 0 saturated carbocycles. The topological polar surface area (TPSA) is 232 Å². The van der Waals surface area contributed by atoms with Crippen LogP contribution in [0, 0.1) is 0 Å². The molecule has 0 aliphatic carbocycles. The number of carboxylic acids is 2. The number of carbonyl (C=O) groups excluding carboxylic acids is 2. The monoisotopic (exact) mass is 542 g/mol. The molecule has 38 heavy (non-hydrogen) atoms. The summed E-state index contributed by atoms with van der Waals surface area (Å²) in [6, 6.07) is 4.83. The standard InChI is InChI=1S/C24H34N2O12/c1-13(28)26-19-16(29)10-24(23(35)36,38-21(19)20(32)17(30)12-27)37-8-3-2-7-18(31)25-11-14-5-4-6-15(9-14)22(33)34/h4-6,9,16-17,19-21,27,29-30,32H,2-3,7-8,10-12H2,1H3,(H,25,31)(H,26,28)(H,33,34)(H,35,36)/t16?,17-,19?,20-,21?,24?/m1/s1.